The molecule has 21 heavy (non-hydrogen) atoms. The van der Waals surface area contributed by atoms with Crippen molar-refractivity contribution < 1.29 is 4.79 Å². The Labute approximate surface area is 128 Å². The summed E-state index contributed by atoms with van der Waals surface area (Å²) in [7, 11) is 0. The fraction of sp³-hybridized carbons (Fsp3) is 0.375. The minimum atomic E-state index is 0.0162. The molecule has 0 spiro atoms. The van der Waals surface area contributed by atoms with Crippen molar-refractivity contribution in [3.8, 4) is 0 Å². The third kappa shape index (κ3) is 3.24. The van der Waals surface area contributed by atoms with Gasteiger partial charge in [0, 0.05) is 36.1 Å². The molecule has 1 aromatic carbocycles. The molecule has 2 aromatic rings. The van der Waals surface area contributed by atoms with Crippen LogP contribution in [0, 0.1) is 6.92 Å². The van der Waals surface area contributed by atoms with Crippen molar-refractivity contribution in [2.24, 2.45) is 0 Å². The minimum Gasteiger partial charge on any atom is -0.385 e. The summed E-state index contributed by atoms with van der Waals surface area (Å²) in [6.07, 6.45) is 2.83. The van der Waals surface area contributed by atoms with Crippen LogP contribution in [0.2, 0.25) is 0 Å². The first-order valence-electron chi connectivity index (χ1n) is 7.29. The SMILES string of the molecule is Cc1nc(CCNC(=O)c2cccc3c2CCCN3)cs1. The third-order valence-electron chi connectivity index (χ3n) is 3.67. The van der Waals surface area contributed by atoms with Gasteiger partial charge in [0.15, 0.2) is 0 Å². The lowest BCUT2D eigenvalue weighted by Gasteiger charge is -2.20. The topological polar surface area (TPSA) is 54.0 Å². The maximum Gasteiger partial charge on any atom is 0.251 e. The Kier molecular flexibility index (Phi) is 4.20. The van der Waals surface area contributed by atoms with Gasteiger partial charge in [-0.05, 0) is 37.5 Å². The van der Waals surface area contributed by atoms with Crippen LogP contribution in [-0.2, 0) is 12.8 Å². The van der Waals surface area contributed by atoms with E-state index in [0.717, 1.165) is 53.3 Å². The number of nitrogens with one attached hydrogen (secondary N) is 2. The van der Waals surface area contributed by atoms with Gasteiger partial charge in [0.05, 0.1) is 10.7 Å². The van der Waals surface area contributed by atoms with Gasteiger partial charge >= 0.3 is 0 Å². The molecule has 0 saturated heterocycles. The monoisotopic (exact) mass is 301 g/mol. The smallest absolute Gasteiger partial charge is 0.251 e. The maximum absolute atomic E-state index is 12.4. The van der Waals surface area contributed by atoms with Crippen LogP contribution < -0.4 is 10.6 Å². The number of carbonyl (C=O) groups excluding carboxylic acids is 1. The van der Waals surface area contributed by atoms with Crippen LogP contribution in [0.1, 0.15) is 33.0 Å². The van der Waals surface area contributed by atoms with Gasteiger partial charge in [-0.3, -0.25) is 4.79 Å². The fourth-order valence-corrected chi connectivity index (χ4v) is 3.29. The molecule has 0 saturated carbocycles. The lowest BCUT2D eigenvalue weighted by atomic mass is 9.97. The zero-order valence-electron chi connectivity index (χ0n) is 12.1. The predicted molar refractivity (Wildman–Crippen MR) is 86.1 cm³/mol. The highest BCUT2D eigenvalue weighted by Gasteiger charge is 2.16. The Morgan fingerprint density at radius 1 is 1.48 bits per heavy atom. The van der Waals surface area contributed by atoms with Crippen LogP contribution in [0.25, 0.3) is 0 Å². The second-order valence-corrected chi connectivity index (χ2v) is 6.29. The van der Waals surface area contributed by atoms with Gasteiger partial charge in [-0.25, -0.2) is 4.98 Å². The highest BCUT2D eigenvalue weighted by atomic mass is 32.1. The summed E-state index contributed by atoms with van der Waals surface area (Å²) in [5, 5.41) is 9.48. The summed E-state index contributed by atoms with van der Waals surface area (Å²) in [5.74, 6) is 0.0162. The quantitative estimate of drug-likeness (QED) is 0.913. The second kappa shape index (κ2) is 6.26. The van der Waals surface area contributed by atoms with Gasteiger partial charge in [-0.2, -0.15) is 0 Å². The number of amides is 1. The van der Waals surface area contributed by atoms with Crippen LogP contribution >= 0.6 is 11.3 Å². The number of anilines is 1. The van der Waals surface area contributed by atoms with E-state index in [1.165, 1.54) is 0 Å². The molecule has 1 aliphatic rings. The summed E-state index contributed by atoms with van der Waals surface area (Å²) in [5.41, 5.74) is 4.10. The van der Waals surface area contributed by atoms with Crippen LogP contribution in [0.3, 0.4) is 0 Å². The standard InChI is InChI=1S/C16H19N3OS/c1-11-19-12(10-21-11)7-9-18-16(20)14-4-2-6-15-13(14)5-3-8-17-15/h2,4,6,10,17H,3,5,7-9H2,1H3,(H,18,20). The Hall–Kier alpha value is -1.88. The number of benzene rings is 1. The van der Waals surface area contributed by atoms with Gasteiger partial charge in [0.1, 0.15) is 0 Å². The number of rotatable bonds is 4. The maximum atomic E-state index is 12.4. The van der Waals surface area contributed by atoms with E-state index in [4.69, 9.17) is 0 Å². The first-order valence-corrected chi connectivity index (χ1v) is 8.17. The minimum absolute atomic E-state index is 0.0162. The molecule has 2 heterocycles. The van der Waals surface area contributed by atoms with Crippen molar-refractivity contribution in [3.63, 3.8) is 0 Å². The van der Waals surface area contributed by atoms with Crippen molar-refractivity contribution >= 4 is 22.9 Å². The average molecular weight is 301 g/mol. The number of thiazole rings is 1. The molecule has 0 bridgehead atoms. The number of aryl methyl sites for hydroxylation is 1. The average Bonchev–Trinajstić information content (AvgIpc) is 2.92. The van der Waals surface area contributed by atoms with Gasteiger partial charge in [0.2, 0.25) is 0 Å². The Balaban J connectivity index is 1.63. The zero-order chi connectivity index (χ0) is 14.7. The molecule has 0 aliphatic carbocycles. The van der Waals surface area contributed by atoms with E-state index in [1.807, 2.05) is 25.1 Å². The van der Waals surface area contributed by atoms with E-state index in [1.54, 1.807) is 11.3 Å². The molecule has 4 nitrogen and oxygen atoms in total. The summed E-state index contributed by atoms with van der Waals surface area (Å²) in [6, 6.07) is 5.90. The van der Waals surface area contributed by atoms with Crippen LogP contribution in [-0.4, -0.2) is 24.0 Å². The van der Waals surface area contributed by atoms with E-state index in [-0.39, 0.29) is 5.91 Å². The van der Waals surface area contributed by atoms with E-state index in [9.17, 15) is 4.79 Å². The molecule has 110 valence electrons. The second-order valence-electron chi connectivity index (χ2n) is 5.23. The number of aromatic nitrogens is 1. The molecule has 0 radical (unpaired) electrons. The van der Waals surface area contributed by atoms with Crippen LogP contribution in [0.15, 0.2) is 23.6 Å². The highest BCUT2D eigenvalue weighted by Crippen LogP contribution is 2.25. The lowest BCUT2D eigenvalue weighted by molar-refractivity contribution is 0.0953. The van der Waals surface area contributed by atoms with Crippen molar-refractivity contribution in [1.82, 2.24) is 10.3 Å². The van der Waals surface area contributed by atoms with Crippen molar-refractivity contribution in [2.75, 3.05) is 18.4 Å². The number of hydrogen-bond acceptors (Lipinski definition) is 4. The van der Waals surface area contributed by atoms with Crippen molar-refractivity contribution in [2.45, 2.75) is 26.2 Å². The molecule has 1 amide bonds. The number of fused-ring (bicyclic) bond motifs is 1. The summed E-state index contributed by atoms with van der Waals surface area (Å²) >= 11 is 1.65. The fourth-order valence-electron chi connectivity index (χ4n) is 2.65. The molecule has 0 atom stereocenters. The molecule has 1 aromatic heterocycles. The van der Waals surface area contributed by atoms with Crippen molar-refractivity contribution in [1.29, 1.82) is 0 Å². The Morgan fingerprint density at radius 2 is 2.38 bits per heavy atom. The first kappa shape index (κ1) is 14.1. The van der Waals surface area contributed by atoms with Crippen LogP contribution in [0.5, 0.6) is 0 Å². The van der Waals surface area contributed by atoms with E-state index in [0.29, 0.717) is 6.54 Å². The summed E-state index contributed by atoms with van der Waals surface area (Å²) in [6.45, 7) is 3.61. The summed E-state index contributed by atoms with van der Waals surface area (Å²) < 4.78 is 0. The molecular weight excluding hydrogens is 282 g/mol. The van der Waals surface area contributed by atoms with Crippen LogP contribution in [0.4, 0.5) is 5.69 Å². The van der Waals surface area contributed by atoms with Gasteiger partial charge < -0.3 is 10.6 Å². The van der Waals surface area contributed by atoms with Gasteiger partial charge in [-0.15, -0.1) is 11.3 Å². The molecule has 0 unspecified atom stereocenters. The molecule has 3 rings (SSSR count). The van der Waals surface area contributed by atoms with Gasteiger partial charge in [0.25, 0.3) is 5.91 Å². The number of nitrogens with zero attached hydrogens (tertiary/aromatic N) is 1. The lowest BCUT2D eigenvalue weighted by Crippen LogP contribution is -2.28. The molecular formula is C16H19N3OS. The number of carbonyl (C=O) groups is 1. The molecule has 5 heteroatoms. The van der Waals surface area contributed by atoms with Gasteiger partial charge in [-0.1, -0.05) is 6.07 Å². The van der Waals surface area contributed by atoms with Crippen molar-refractivity contribution in [3.05, 3.63) is 45.4 Å². The number of hydrogen-bond donors (Lipinski definition) is 2. The largest absolute Gasteiger partial charge is 0.385 e. The van der Waals surface area contributed by atoms with E-state index < -0.39 is 0 Å². The predicted octanol–water partition coefficient (Wildman–Crippen LogP) is 2.78. The molecule has 0 fully saturated rings. The molecule has 1 aliphatic heterocycles. The summed E-state index contributed by atoms with van der Waals surface area (Å²) in [4.78, 5) is 16.8. The third-order valence-corrected chi connectivity index (χ3v) is 4.50. The first-order chi connectivity index (χ1) is 10.2. The zero-order valence-corrected chi connectivity index (χ0v) is 12.9. The normalized spacial score (nSPS) is 13.4. The van der Waals surface area contributed by atoms with E-state index in [2.05, 4.69) is 21.0 Å². The van der Waals surface area contributed by atoms with E-state index >= 15 is 0 Å². The highest BCUT2D eigenvalue weighted by molar-refractivity contribution is 7.09. The molecule has 2 N–H and O–H groups in total. The Bertz CT molecular complexity index is 651. The Morgan fingerprint density at radius 3 is 3.19 bits per heavy atom.